The summed E-state index contributed by atoms with van der Waals surface area (Å²) >= 11 is 6.20. The van der Waals surface area contributed by atoms with E-state index < -0.39 is 0 Å². The molecular formula is C20H22ClFN2. The quantitative estimate of drug-likeness (QED) is 0.822. The van der Waals surface area contributed by atoms with E-state index in [-0.39, 0.29) is 5.82 Å². The van der Waals surface area contributed by atoms with E-state index in [2.05, 4.69) is 47.2 Å². The van der Waals surface area contributed by atoms with E-state index in [4.69, 9.17) is 11.6 Å². The van der Waals surface area contributed by atoms with Gasteiger partial charge in [0, 0.05) is 42.8 Å². The molecule has 4 heteroatoms. The van der Waals surface area contributed by atoms with Gasteiger partial charge in [-0.2, -0.15) is 0 Å². The molecule has 2 aromatic carbocycles. The second-order valence-electron chi connectivity index (χ2n) is 7.11. The van der Waals surface area contributed by atoms with Crippen LogP contribution in [0.1, 0.15) is 17.2 Å². The Balaban J connectivity index is 1.52. The molecule has 0 bridgehead atoms. The van der Waals surface area contributed by atoms with Gasteiger partial charge in [0.15, 0.2) is 0 Å². The minimum atomic E-state index is -0.198. The summed E-state index contributed by atoms with van der Waals surface area (Å²) in [7, 11) is 2.22. The van der Waals surface area contributed by atoms with Crippen molar-refractivity contribution < 1.29 is 4.39 Å². The van der Waals surface area contributed by atoms with Crippen LogP contribution in [0.5, 0.6) is 0 Å². The van der Waals surface area contributed by atoms with E-state index in [0.717, 1.165) is 19.6 Å². The van der Waals surface area contributed by atoms with Crippen LogP contribution in [0, 0.1) is 17.7 Å². The minimum absolute atomic E-state index is 0.198. The summed E-state index contributed by atoms with van der Waals surface area (Å²) in [4.78, 5) is 4.83. The average molecular weight is 345 g/mol. The summed E-state index contributed by atoms with van der Waals surface area (Å²) in [6.07, 6.45) is 0. The fourth-order valence-electron chi connectivity index (χ4n) is 4.54. The Bertz CT molecular complexity index is 701. The molecule has 2 heterocycles. The summed E-state index contributed by atoms with van der Waals surface area (Å²) in [5, 5.41) is 0.531. The summed E-state index contributed by atoms with van der Waals surface area (Å²) in [5.41, 5.74) is 2.02. The van der Waals surface area contributed by atoms with Gasteiger partial charge in [-0.05, 0) is 36.6 Å². The normalized spacial score (nSPS) is 27.5. The zero-order valence-electron chi connectivity index (χ0n) is 13.8. The molecule has 0 aliphatic carbocycles. The Morgan fingerprint density at radius 2 is 1.83 bits per heavy atom. The Kier molecular flexibility index (Phi) is 4.33. The van der Waals surface area contributed by atoms with Crippen molar-refractivity contribution in [2.45, 2.75) is 12.6 Å². The number of hydrogen-bond acceptors (Lipinski definition) is 2. The van der Waals surface area contributed by atoms with Gasteiger partial charge in [0.2, 0.25) is 0 Å². The fourth-order valence-corrected chi connectivity index (χ4v) is 4.76. The first-order valence-electron chi connectivity index (χ1n) is 8.54. The largest absolute Gasteiger partial charge is 0.299 e. The van der Waals surface area contributed by atoms with Gasteiger partial charge >= 0.3 is 0 Å². The molecule has 0 radical (unpaired) electrons. The van der Waals surface area contributed by atoms with Gasteiger partial charge < -0.3 is 0 Å². The topological polar surface area (TPSA) is 6.48 Å². The first-order chi connectivity index (χ1) is 11.6. The molecule has 2 aliphatic heterocycles. The van der Waals surface area contributed by atoms with E-state index in [0.29, 0.717) is 35.0 Å². The van der Waals surface area contributed by atoms with Crippen LogP contribution >= 0.6 is 11.6 Å². The molecule has 0 amide bonds. The van der Waals surface area contributed by atoms with Gasteiger partial charge in [-0.3, -0.25) is 9.80 Å². The van der Waals surface area contributed by atoms with Crippen LogP contribution in [0.25, 0.3) is 0 Å². The van der Waals surface area contributed by atoms with Gasteiger partial charge in [-0.1, -0.05) is 48.0 Å². The van der Waals surface area contributed by atoms with Crippen molar-refractivity contribution in [1.82, 2.24) is 9.80 Å². The maximum absolute atomic E-state index is 14.1. The van der Waals surface area contributed by atoms with Crippen molar-refractivity contribution in [3.8, 4) is 0 Å². The van der Waals surface area contributed by atoms with E-state index in [9.17, 15) is 4.39 Å². The lowest BCUT2D eigenvalue weighted by molar-refractivity contribution is 0.223. The Morgan fingerprint density at radius 3 is 2.58 bits per heavy atom. The van der Waals surface area contributed by atoms with Crippen LogP contribution in [0.2, 0.25) is 5.02 Å². The number of fused-ring (bicyclic) bond motifs is 1. The average Bonchev–Trinajstić information content (AvgIpc) is 3.07. The molecule has 0 spiro atoms. The molecule has 0 aromatic heterocycles. The first kappa shape index (κ1) is 16.1. The summed E-state index contributed by atoms with van der Waals surface area (Å²) in [5.74, 6) is 1.05. The van der Waals surface area contributed by atoms with Crippen molar-refractivity contribution in [2.24, 2.45) is 11.8 Å². The maximum Gasteiger partial charge on any atom is 0.129 e. The number of nitrogens with zero attached hydrogens (tertiary/aromatic N) is 2. The van der Waals surface area contributed by atoms with Crippen LogP contribution in [0.15, 0.2) is 48.5 Å². The van der Waals surface area contributed by atoms with E-state index >= 15 is 0 Å². The molecule has 3 atom stereocenters. The van der Waals surface area contributed by atoms with Crippen LogP contribution in [0.3, 0.4) is 0 Å². The predicted octanol–water partition coefficient (Wildman–Crippen LogP) is 4.21. The van der Waals surface area contributed by atoms with Crippen molar-refractivity contribution >= 4 is 11.6 Å². The highest BCUT2D eigenvalue weighted by atomic mass is 35.5. The highest BCUT2D eigenvalue weighted by Gasteiger charge is 2.45. The second kappa shape index (κ2) is 6.47. The summed E-state index contributed by atoms with van der Waals surface area (Å²) in [6, 6.07) is 16.1. The molecular weight excluding hydrogens is 323 g/mol. The zero-order valence-corrected chi connectivity index (χ0v) is 14.6. The highest BCUT2D eigenvalue weighted by molar-refractivity contribution is 6.31. The van der Waals surface area contributed by atoms with Crippen LogP contribution in [-0.2, 0) is 6.54 Å². The molecule has 2 fully saturated rings. The number of benzene rings is 2. The molecule has 2 nitrogen and oxygen atoms in total. The van der Waals surface area contributed by atoms with E-state index in [1.807, 2.05) is 0 Å². The van der Waals surface area contributed by atoms with Crippen LogP contribution < -0.4 is 0 Å². The Hall–Kier alpha value is -1.42. The van der Waals surface area contributed by atoms with Crippen molar-refractivity contribution in [2.75, 3.05) is 26.7 Å². The Labute approximate surface area is 147 Å². The van der Waals surface area contributed by atoms with Gasteiger partial charge in [0.05, 0.1) is 0 Å². The third kappa shape index (κ3) is 2.85. The van der Waals surface area contributed by atoms with Crippen LogP contribution in [-0.4, -0.2) is 36.5 Å². The molecule has 2 aliphatic rings. The SMILES string of the molecule is CN1C[C@H]2CN(Cc3c(F)cccc3Cl)C[C@H]2[C@@H]1c1ccccc1. The smallest absolute Gasteiger partial charge is 0.129 e. The summed E-state index contributed by atoms with van der Waals surface area (Å²) in [6.45, 7) is 3.72. The molecule has 126 valence electrons. The zero-order chi connectivity index (χ0) is 16.7. The van der Waals surface area contributed by atoms with Crippen molar-refractivity contribution in [3.63, 3.8) is 0 Å². The predicted molar refractivity (Wildman–Crippen MR) is 95.5 cm³/mol. The lowest BCUT2D eigenvalue weighted by atomic mass is 9.90. The lowest BCUT2D eigenvalue weighted by Gasteiger charge is -2.27. The van der Waals surface area contributed by atoms with Gasteiger partial charge in [-0.25, -0.2) is 4.39 Å². The van der Waals surface area contributed by atoms with Crippen LogP contribution in [0.4, 0.5) is 4.39 Å². The maximum atomic E-state index is 14.1. The first-order valence-corrected chi connectivity index (χ1v) is 8.91. The number of likely N-dealkylation sites (tertiary alicyclic amines) is 2. The second-order valence-corrected chi connectivity index (χ2v) is 7.52. The monoisotopic (exact) mass is 344 g/mol. The Morgan fingerprint density at radius 1 is 1.04 bits per heavy atom. The molecule has 4 rings (SSSR count). The third-order valence-corrected chi connectivity index (χ3v) is 5.91. The summed E-state index contributed by atoms with van der Waals surface area (Å²) < 4.78 is 14.1. The molecule has 0 N–H and O–H groups in total. The van der Waals surface area contributed by atoms with Gasteiger partial charge in [-0.15, -0.1) is 0 Å². The van der Waals surface area contributed by atoms with Crippen molar-refractivity contribution in [3.05, 3.63) is 70.5 Å². The molecule has 24 heavy (non-hydrogen) atoms. The fraction of sp³-hybridized carbons (Fsp3) is 0.400. The van der Waals surface area contributed by atoms with Crippen molar-refractivity contribution in [1.29, 1.82) is 0 Å². The van der Waals surface area contributed by atoms with E-state index in [1.54, 1.807) is 12.1 Å². The lowest BCUT2D eigenvalue weighted by Crippen LogP contribution is -2.29. The molecule has 2 aromatic rings. The molecule has 0 unspecified atom stereocenters. The number of rotatable bonds is 3. The van der Waals surface area contributed by atoms with Gasteiger partial charge in [0.1, 0.15) is 5.82 Å². The molecule has 0 saturated carbocycles. The van der Waals surface area contributed by atoms with E-state index in [1.165, 1.54) is 11.6 Å². The molecule has 2 saturated heterocycles. The standard InChI is InChI=1S/C20H22ClFN2/c1-23-10-15-11-24(13-17-18(21)8-5-9-19(17)22)12-16(15)20(23)14-6-3-2-4-7-14/h2-9,15-16,20H,10-13H2,1H3/t15-,16+,20-/m0/s1. The highest BCUT2D eigenvalue weighted by Crippen LogP contribution is 2.44. The van der Waals surface area contributed by atoms with Gasteiger partial charge in [0.25, 0.3) is 0 Å². The number of halogens is 2. The number of hydrogen-bond donors (Lipinski definition) is 0. The minimum Gasteiger partial charge on any atom is -0.299 e. The third-order valence-electron chi connectivity index (χ3n) is 5.55.